The van der Waals surface area contributed by atoms with Crippen LogP contribution in [-0.4, -0.2) is 40.8 Å². The van der Waals surface area contributed by atoms with Crippen molar-refractivity contribution in [2.24, 2.45) is 5.92 Å². The summed E-state index contributed by atoms with van der Waals surface area (Å²) in [6, 6.07) is 15.8. The quantitative estimate of drug-likeness (QED) is 0.355. The number of nitrogens with zero attached hydrogens (tertiary/aromatic N) is 5. The Labute approximate surface area is 203 Å². The molecular weight excluding hydrogens is 444 g/mol. The third-order valence-corrected chi connectivity index (χ3v) is 6.07. The summed E-state index contributed by atoms with van der Waals surface area (Å²) in [6.07, 6.45) is 2.03. The number of carboxylic acids is 1. The molecule has 2 N–H and O–H groups in total. The molecule has 2 aromatic carbocycles. The summed E-state index contributed by atoms with van der Waals surface area (Å²) < 4.78 is 3.04. The highest BCUT2D eigenvalue weighted by atomic mass is 16.4. The first-order valence-electron chi connectivity index (χ1n) is 11.9. The lowest BCUT2D eigenvalue weighted by molar-refractivity contribution is 0.0683. The number of nitrogens with one attached hydrogen (secondary N) is 1. The van der Waals surface area contributed by atoms with Gasteiger partial charge in [-0.2, -0.15) is 0 Å². The molecule has 0 aliphatic rings. The zero-order valence-corrected chi connectivity index (χ0v) is 20.2. The van der Waals surface area contributed by atoms with Gasteiger partial charge in [-0.1, -0.05) is 69.3 Å². The van der Waals surface area contributed by atoms with Crippen molar-refractivity contribution < 1.29 is 9.90 Å². The van der Waals surface area contributed by atoms with Gasteiger partial charge < -0.3 is 5.11 Å². The van der Waals surface area contributed by atoms with Crippen molar-refractivity contribution in [3.05, 3.63) is 76.0 Å². The highest BCUT2D eigenvalue weighted by Gasteiger charge is 2.24. The van der Waals surface area contributed by atoms with Crippen molar-refractivity contribution in [2.75, 3.05) is 0 Å². The normalized spacial score (nSPS) is 11.3. The molecule has 4 aromatic rings. The summed E-state index contributed by atoms with van der Waals surface area (Å²) in [5.74, 6) is -0.0694. The SMILES string of the molecule is CCCn1c(C(=O)O)c(CCC(C)C)n(Cc2ccc(-c3ccccc3-c3nnn[nH]3)cc2)c1=O. The molecule has 9 heteroatoms. The second-order valence-electron chi connectivity index (χ2n) is 9.05. The lowest BCUT2D eigenvalue weighted by Crippen LogP contribution is -2.26. The average molecular weight is 475 g/mol. The number of rotatable bonds is 10. The Morgan fingerprint density at radius 3 is 2.37 bits per heavy atom. The minimum absolute atomic E-state index is 0.115. The molecule has 0 aliphatic carbocycles. The first-order chi connectivity index (χ1) is 16.9. The Morgan fingerprint density at radius 1 is 1.06 bits per heavy atom. The van der Waals surface area contributed by atoms with Crippen LogP contribution < -0.4 is 5.69 Å². The van der Waals surface area contributed by atoms with Crippen LogP contribution in [0.4, 0.5) is 0 Å². The van der Waals surface area contributed by atoms with E-state index in [1.165, 1.54) is 4.57 Å². The predicted octanol–water partition coefficient (Wildman–Crippen LogP) is 4.24. The monoisotopic (exact) mass is 474 g/mol. The number of imidazole rings is 1. The van der Waals surface area contributed by atoms with Gasteiger partial charge in [-0.25, -0.2) is 14.7 Å². The maximum absolute atomic E-state index is 13.3. The van der Waals surface area contributed by atoms with E-state index in [1.54, 1.807) is 4.57 Å². The van der Waals surface area contributed by atoms with Gasteiger partial charge in [0.1, 0.15) is 0 Å². The fourth-order valence-electron chi connectivity index (χ4n) is 4.34. The van der Waals surface area contributed by atoms with E-state index < -0.39 is 5.97 Å². The molecule has 0 unspecified atom stereocenters. The molecule has 0 radical (unpaired) electrons. The number of hydrogen-bond donors (Lipinski definition) is 2. The summed E-state index contributed by atoms with van der Waals surface area (Å²) in [6.45, 7) is 6.83. The van der Waals surface area contributed by atoms with E-state index in [1.807, 2.05) is 55.5 Å². The van der Waals surface area contributed by atoms with Gasteiger partial charge in [0.25, 0.3) is 0 Å². The molecule has 0 bridgehead atoms. The molecule has 0 saturated heterocycles. The Balaban J connectivity index is 1.69. The molecule has 0 atom stereocenters. The van der Waals surface area contributed by atoms with Crippen molar-refractivity contribution in [3.63, 3.8) is 0 Å². The number of aromatic carboxylic acids is 1. The number of carbonyl (C=O) groups is 1. The summed E-state index contributed by atoms with van der Waals surface area (Å²) >= 11 is 0. The van der Waals surface area contributed by atoms with Gasteiger partial charge >= 0.3 is 11.7 Å². The second kappa shape index (κ2) is 10.5. The fraction of sp³-hybridized carbons (Fsp3) is 0.346. The maximum atomic E-state index is 13.3. The molecule has 2 aromatic heterocycles. The molecule has 0 aliphatic heterocycles. The first kappa shape index (κ1) is 24.1. The number of H-pyrrole nitrogens is 1. The van der Waals surface area contributed by atoms with Gasteiger partial charge in [0.05, 0.1) is 12.2 Å². The van der Waals surface area contributed by atoms with Crippen molar-refractivity contribution in [2.45, 2.75) is 53.1 Å². The number of carboxylic acid groups (broad SMARTS) is 1. The second-order valence-corrected chi connectivity index (χ2v) is 9.05. The Kier molecular flexibility index (Phi) is 7.24. The van der Waals surface area contributed by atoms with Gasteiger partial charge in [-0.05, 0) is 52.3 Å². The van der Waals surface area contributed by atoms with Crippen LogP contribution >= 0.6 is 0 Å². The number of aromatic nitrogens is 6. The molecule has 9 nitrogen and oxygen atoms in total. The minimum Gasteiger partial charge on any atom is -0.477 e. The van der Waals surface area contributed by atoms with E-state index in [2.05, 4.69) is 34.5 Å². The Morgan fingerprint density at radius 2 is 1.77 bits per heavy atom. The number of tetrazole rings is 1. The van der Waals surface area contributed by atoms with Crippen LogP contribution in [0, 0.1) is 5.92 Å². The molecule has 0 saturated carbocycles. The lowest BCUT2D eigenvalue weighted by Gasteiger charge is -2.11. The van der Waals surface area contributed by atoms with Crippen LogP contribution in [-0.2, 0) is 19.5 Å². The van der Waals surface area contributed by atoms with Gasteiger partial charge in [-0.15, -0.1) is 5.10 Å². The molecule has 0 amide bonds. The topological polar surface area (TPSA) is 119 Å². The highest BCUT2D eigenvalue weighted by molar-refractivity contribution is 5.87. The highest BCUT2D eigenvalue weighted by Crippen LogP contribution is 2.30. The van der Waals surface area contributed by atoms with Crippen molar-refractivity contribution in [1.82, 2.24) is 29.8 Å². The summed E-state index contributed by atoms with van der Waals surface area (Å²) in [7, 11) is 0. The van der Waals surface area contributed by atoms with E-state index in [0.29, 0.717) is 43.4 Å². The average Bonchev–Trinajstić information content (AvgIpc) is 3.47. The molecule has 182 valence electrons. The van der Waals surface area contributed by atoms with Gasteiger partial charge in [0.2, 0.25) is 0 Å². The largest absolute Gasteiger partial charge is 0.477 e. The molecule has 0 spiro atoms. The van der Waals surface area contributed by atoms with Crippen molar-refractivity contribution in [3.8, 4) is 22.5 Å². The molecular formula is C26H30N6O3. The van der Waals surface area contributed by atoms with Crippen LogP contribution in [0.5, 0.6) is 0 Å². The van der Waals surface area contributed by atoms with E-state index in [9.17, 15) is 14.7 Å². The Hall–Kier alpha value is -4.01. The maximum Gasteiger partial charge on any atom is 0.354 e. The third-order valence-electron chi connectivity index (χ3n) is 6.07. The fourth-order valence-corrected chi connectivity index (χ4v) is 4.34. The zero-order chi connectivity index (χ0) is 24.9. The smallest absolute Gasteiger partial charge is 0.354 e. The lowest BCUT2D eigenvalue weighted by atomic mass is 9.98. The summed E-state index contributed by atoms with van der Waals surface area (Å²) in [5.41, 5.74) is 4.22. The van der Waals surface area contributed by atoms with Gasteiger partial charge in [0.15, 0.2) is 11.5 Å². The van der Waals surface area contributed by atoms with Crippen molar-refractivity contribution in [1.29, 1.82) is 0 Å². The van der Waals surface area contributed by atoms with Crippen LogP contribution in [0.2, 0.25) is 0 Å². The van der Waals surface area contributed by atoms with E-state index in [0.717, 1.165) is 28.7 Å². The van der Waals surface area contributed by atoms with Crippen LogP contribution in [0.3, 0.4) is 0 Å². The van der Waals surface area contributed by atoms with Crippen LogP contribution in [0.25, 0.3) is 22.5 Å². The number of aromatic amines is 1. The predicted molar refractivity (Wildman–Crippen MR) is 133 cm³/mol. The van der Waals surface area contributed by atoms with Crippen LogP contribution in [0.15, 0.2) is 53.3 Å². The molecule has 0 fully saturated rings. The number of hydrogen-bond acceptors (Lipinski definition) is 5. The van der Waals surface area contributed by atoms with E-state index >= 15 is 0 Å². The zero-order valence-electron chi connectivity index (χ0n) is 20.2. The summed E-state index contributed by atoms with van der Waals surface area (Å²) in [4.78, 5) is 25.4. The van der Waals surface area contributed by atoms with Gasteiger partial charge in [-0.3, -0.25) is 9.13 Å². The van der Waals surface area contributed by atoms with E-state index in [-0.39, 0.29) is 11.4 Å². The Bertz CT molecular complexity index is 1350. The van der Waals surface area contributed by atoms with Crippen LogP contribution in [0.1, 0.15) is 55.4 Å². The third kappa shape index (κ3) is 5.08. The van der Waals surface area contributed by atoms with Gasteiger partial charge in [0, 0.05) is 12.1 Å². The minimum atomic E-state index is -1.05. The standard InChI is InChI=1S/C26H30N6O3/c1-4-15-31-23(25(33)34)22(14-9-17(2)3)32(26(31)35)16-18-10-12-19(13-11-18)20-7-5-6-8-21(20)24-27-29-30-28-24/h5-8,10-13,17H,4,9,14-16H2,1-3H3,(H,33,34)(H,27,28,29,30). The summed E-state index contributed by atoms with van der Waals surface area (Å²) in [5, 5.41) is 24.1. The molecule has 2 heterocycles. The molecule has 4 rings (SSSR count). The molecule has 35 heavy (non-hydrogen) atoms. The van der Waals surface area contributed by atoms with E-state index in [4.69, 9.17) is 0 Å². The number of benzene rings is 2. The van der Waals surface area contributed by atoms with Crippen molar-refractivity contribution >= 4 is 5.97 Å². The first-order valence-corrected chi connectivity index (χ1v) is 11.9.